The molecule has 0 unspecified atom stereocenters. The molecule has 0 aliphatic carbocycles. The van der Waals surface area contributed by atoms with Gasteiger partial charge in [0.2, 0.25) is 11.8 Å². The highest BCUT2D eigenvalue weighted by Gasteiger charge is 2.32. The molecular weight excluding hydrogens is 500 g/mol. The number of para-hydroxylation sites is 6. The van der Waals surface area contributed by atoms with Crippen LogP contribution in [-0.2, 0) is 22.7 Å². The zero-order valence-electron chi connectivity index (χ0n) is 21.7. The topological polar surface area (TPSA) is 76.3 Å². The summed E-state index contributed by atoms with van der Waals surface area (Å²) in [6, 6.07) is 35.7. The van der Waals surface area contributed by atoms with Crippen molar-refractivity contribution in [2.45, 2.75) is 13.1 Å². The summed E-state index contributed by atoms with van der Waals surface area (Å²) >= 11 is 0. The van der Waals surface area contributed by atoms with Crippen molar-refractivity contribution < 1.29 is 9.59 Å². The van der Waals surface area contributed by atoms with Crippen LogP contribution in [0.25, 0.3) is 33.4 Å². The summed E-state index contributed by atoms with van der Waals surface area (Å²) in [5, 5.41) is 0. The Labute approximate surface area is 230 Å². The van der Waals surface area contributed by atoms with Gasteiger partial charge in [-0.3, -0.25) is 18.7 Å². The number of rotatable bonds is 6. The van der Waals surface area contributed by atoms with Gasteiger partial charge in [0.25, 0.3) is 0 Å². The lowest BCUT2D eigenvalue weighted by molar-refractivity contribution is -0.151. The molecule has 0 spiro atoms. The normalized spacial score (nSPS) is 14.0. The number of imidazole rings is 2. The van der Waals surface area contributed by atoms with E-state index >= 15 is 0 Å². The van der Waals surface area contributed by atoms with Crippen LogP contribution in [0.1, 0.15) is 11.6 Å². The van der Waals surface area contributed by atoms with Crippen LogP contribution in [-0.4, -0.2) is 53.8 Å². The Bertz CT molecular complexity index is 1720. The molecule has 3 heterocycles. The third kappa shape index (κ3) is 4.19. The van der Waals surface area contributed by atoms with Crippen LogP contribution >= 0.6 is 0 Å². The molecule has 6 aromatic rings. The standard InChI is InChI=1S/C32H26N6O2/c39-31-22-36(20-30-34-26-16-8-10-18-28(26)38(30)24-13-5-2-6-14-24)32(40)21-35(31)19-29-33-25-15-7-9-17-27(25)37(29)23-11-3-1-4-12-23/h1-18H,19-22H2. The fourth-order valence-electron chi connectivity index (χ4n) is 5.43. The largest absolute Gasteiger partial charge is 0.324 e. The van der Waals surface area contributed by atoms with Crippen LogP contribution < -0.4 is 0 Å². The average molecular weight is 527 g/mol. The molecule has 1 aliphatic rings. The van der Waals surface area contributed by atoms with Crippen molar-refractivity contribution in [1.82, 2.24) is 28.9 Å². The molecule has 40 heavy (non-hydrogen) atoms. The van der Waals surface area contributed by atoms with Crippen molar-refractivity contribution in [1.29, 1.82) is 0 Å². The Morgan fingerprint density at radius 1 is 0.500 bits per heavy atom. The number of carbonyl (C=O) groups is 2. The molecule has 1 saturated heterocycles. The molecule has 1 aliphatic heterocycles. The van der Waals surface area contributed by atoms with Gasteiger partial charge in [0.1, 0.15) is 24.7 Å². The fraction of sp³-hybridized carbons (Fsp3) is 0.125. The summed E-state index contributed by atoms with van der Waals surface area (Å²) in [6.07, 6.45) is 0. The number of nitrogens with zero attached hydrogens (tertiary/aromatic N) is 6. The Kier molecular flexibility index (Phi) is 5.85. The first-order valence-electron chi connectivity index (χ1n) is 13.2. The average Bonchev–Trinajstić information content (AvgIpc) is 3.54. The SMILES string of the molecule is O=C1CN(Cc2nc3ccccc3n2-c2ccccc2)C(=O)CN1Cc1nc2ccccc2n1-c1ccccc1. The summed E-state index contributed by atoms with van der Waals surface area (Å²) in [7, 11) is 0. The quantitative estimate of drug-likeness (QED) is 0.314. The number of piperazine rings is 1. The third-order valence-electron chi connectivity index (χ3n) is 7.31. The number of aromatic nitrogens is 4. The maximum absolute atomic E-state index is 13.4. The predicted octanol–water partition coefficient (Wildman–Crippen LogP) is 4.74. The van der Waals surface area contributed by atoms with E-state index < -0.39 is 0 Å². The first kappa shape index (κ1) is 23.8. The second kappa shape index (κ2) is 9.81. The first-order chi connectivity index (χ1) is 19.7. The maximum atomic E-state index is 13.4. The molecule has 8 nitrogen and oxygen atoms in total. The summed E-state index contributed by atoms with van der Waals surface area (Å²) in [5.41, 5.74) is 5.53. The van der Waals surface area contributed by atoms with Crippen LogP contribution in [0, 0.1) is 0 Å². The van der Waals surface area contributed by atoms with E-state index in [1.807, 2.05) is 109 Å². The van der Waals surface area contributed by atoms with E-state index in [4.69, 9.17) is 9.97 Å². The van der Waals surface area contributed by atoms with Gasteiger partial charge in [-0.05, 0) is 48.5 Å². The lowest BCUT2D eigenvalue weighted by atomic mass is 10.2. The maximum Gasteiger partial charge on any atom is 0.243 e. The van der Waals surface area contributed by atoms with Crippen LogP contribution in [0.15, 0.2) is 109 Å². The monoisotopic (exact) mass is 526 g/mol. The summed E-state index contributed by atoms with van der Waals surface area (Å²) in [5.74, 6) is 1.20. The second-order valence-corrected chi connectivity index (χ2v) is 9.88. The van der Waals surface area contributed by atoms with E-state index in [0.29, 0.717) is 11.6 Å². The third-order valence-corrected chi connectivity index (χ3v) is 7.31. The molecule has 0 atom stereocenters. The van der Waals surface area contributed by atoms with Crippen molar-refractivity contribution in [3.63, 3.8) is 0 Å². The van der Waals surface area contributed by atoms with Gasteiger partial charge in [0.15, 0.2) is 0 Å². The Balaban J connectivity index is 1.16. The molecule has 1 fully saturated rings. The van der Waals surface area contributed by atoms with Gasteiger partial charge in [-0.25, -0.2) is 9.97 Å². The number of benzene rings is 4. The number of fused-ring (bicyclic) bond motifs is 2. The van der Waals surface area contributed by atoms with Crippen LogP contribution in [0.5, 0.6) is 0 Å². The number of hydrogen-bond acceptors (Lipinski definition) is 4. The van der Waals surface area contributed by atoms with E-state index in [9.17, 15) is 9.59 Å². The minimum Gasteiger partial charge on any atom is -0.324 e. The highest BCUT2D eigenvalue weighted by atomic mass is 16.2. The predicted molar refractivity (Wildman–Crippen MR) is 153 cm³/mol. The molecule has 0 bridgehead atoms. The fourth-order valence-corrected chi connectivity index (χ4v) is 5.43. The lowest BCUT2D eigenvalue weighted by Crippen LogP contribution is -2.53. The second-order valence-electron chi connectivity index (χ2n) is 9.88. The Morgan fingerprint density at radius 2 is 0.875 bits per heavy atom. The zero-order valence-corrected chi connectivity index (χ0v) is 21.7. The molecule has 7 rings (SSSR count). The molecule has 2 aromatic heterocycles. The lowest BCUT2D eigenvalue weighted by Gasteiger charge is -2.33. The molecule has 196 valence electrons. The first-order valence-corrected chi connectivity index (χ1v) is 13.2. The van der Waals surface area contributed by atoms with Crippen molar-refractivity contribution in [2.24, 2.45) is 0 Å². The highest BCUT2D eigenvalue weighted by Crippen LogP contribution is 2.25. The minimum absolute atomic E-state index is 0.0115. The van der Waals surface area contributed by atoms with Crippen molar-refractivity contribution in [3.05, 3.63) is 121 Å². The van der Waals surface area contributed by atoms with Crippen molar-refractivity contribution in [2.75, 3.05) is 13.1 Å². The summed E-state index contributed by atoms with van der Waals surface area (Å²) < 4.78 is 4.11. The Hall–Kier alpha value is -5.24. The molecule has 2 amide bonds. The number of carbonyl (C=O) groups excluding carboxylic acids is 2. The molecular formula is C32H26N6O2. The van der Waals surface area contributed by atoms with Gasteiger partial charge in [-0.1, -0.05) is 60.7 Å². The highest BCUT2D eigenvalue weighted by molar-refractivity contribution is 5.92. The molecule has 0 radical (unpaired) electrons. The zero-order chi connectivity index (χ0) is 27.1. The molecule has 8 heteroatoms. The van der Waals surface area contributed by atoms with Gasteiger partial charge in [0.05, 0.1) is 35.2 Å². The van der Waals surface area contributed by atoms with E-state index in [-0.39, 0.29) is 38.0 Å². The smallest absolute Gasteiger partial charge is 0.243 e. The van der Waals surface area contributed by atoms with Gasteiger partial charge < -0.3 is 9.80 Å². The van der Waals surface area contributed by atoms with Gasteiger partial charge >= 0.3 is 0 Å². The van der Waals surface area contributed by atoms with E-state index in [0.717, 1.165) is 33.4 Å². The number of amides is 2. The Morgan fingerprint density at radius 3 is 1.30 bits per heavy atom. The van der Waals surface area contributed by atoms with Crippen LogP contribution in [0.4, 0.5) is 0 Å². The van der Waals surface area contributed by atoms with Gasteiger partial charge in [-0.2, -0.15) is 0 Å². The van der Waals surface area contributed by atoms with E-state index in [1.165, 1.54) is 0 Å². The van der Waals surface area contributed by atoms with E-state index in [1.54, 1.807) is 9.80 Å². The van der Waals surface area contributed by atoms with Crippen molar-refractivity contribution >= 4 is 33.9 Å². The molecule has 0 N–H and O–H groups in total. The number of hydrogen-bond donors (Lipinski definition) is 0. The summed E-state index contributed by atoms with van der Waals surface area (Å²) in [4.78, 5) is 39.7. The molecule has 4 aromatic carbocycles. The summed E-state index contributed by atoms with van der Waals surface area (Å²) in [6.45, 7) is 0.458. The van der Waals surface area contributed by atoms with Gasteiger partial charge in [-0.15, -0.1) is 0 Å². The van der Waals surface area contributed by atoms with Crippen molar-refractivity contribution in [3.8, 4) is 11.4 Å². The van der Waals surface area contributed by atoms with Gasteiger partial charge in [0, 0.05) is 11.4 Å². The minimum atomic E-state index is -0.117. The van der Waals surface area contributed by atoms with E-state index in [2.05, 4.69) is 9.13 Å². The molecule has 0 saturated carbocycles. The van der Waals surface area contributed by atoms with Crippen LogP contribution in [0.3, 0.4) is 0 Å². The van der Waals surface area contributed by atoms with Crippen LogP contribution in [0.2, 0.25) is 0 Å².